The van der Waals surface area contributed by atoms with Crippen LogP contribution in [-0.2, 0) is 9.59 Å². The van der Waals surface area contributed by atoms with Crippen LogP contribution in [0.5, 0.6) is 0 Å². The fraction of sp³-hybridized carbons (Fsp3) is 0.200. The topological polar surface area (TPSA) is 141 Å². The molecule has 0 aliphatic rings. The van der Waals surface area contributed by atoms with E-state index in [1.54, 1.807) is 0 Å². The van der Waals surface area contributed by atoms with Gasteiger partial charge in [0.2, 0.25) is 11.8 Å². The van der Waals surface area contributed by atoms with Crippen LogP contribution in [0, 0.1) is 10.1 Å². The molecular weight excluding hydrogens is 276 g/mol. The summed E-state index contributed by atoms with van der Waals surface area (Å²) >= 11 is 5.79. The van der Waals surface area contributed by atoms with Crippen LogP contribution in [0.3, 0.4) is 0 Å². The highest BCUT2D eigenvalue weighted by molar-refractivity contribution is 6.33. The number of non-ortho nitro benzene ring substituents is 1. The van der Waals surface area contributed by atoms with E-state index in [1.807, 2.05) is 0 Å². The van der Waals surface area contributed by atoms with Gasteiger partial charge in [-0.2, -0.15) is 0 Å². The molecule has 0 saturated heterocycles. The number of hydrogen-bond acceptors (Lipinski definition) is 5. The Balaban J connectivity index is 2.86. The number of carbonyl (C=O) groups is 2. The van der Waals surface area contributed by atoms with E-state index in [9.17, 15) is 19.7 Å². The largest absolute Gasteiger partial charge is 0.370 e. The van der Waals surface area contributed by atoms with E-state index >= 15 is 0 Å². The fourth-order valence-corrected chi connectivity index (χ4v) is 1.42. The molecule has 0 radical (unpaired) electrons. The molecule has 1 rings (SSSR count). The average molecular weight is 287 g/mol. The van der Waals surface area contributed by atoms with Crippen molar-refractivity contribution in [3.8, 4) is 0 Å². The van der Waals surface area contributed by atoms with Crippen molar-refractivity contribution in [3.05, 3.63) is 33.3 Å². The number of carbonyl (C=O) groups excluding carboxylic acids is 2. The quantitative estimate of drug-likeness (QED) is 0.530. The molecule has 0 aliphatic heterocycles. The fourth-order valence-electron chi connectivity index (χ4n) is 1.26. The molecule has 19 heavy (non-hydrogen) atoms. The Bertz CT molecular complexity index is 534. The zero-order valence-electron chi connectivity index (χ0n) is 9.63. The van der Waals surface area contributed by atoms with Gasteiger partial charge in [-0.3, -0.25) is 19.7 Å². The molecule has 1 aromatic carbocycles. The van der Waals surface area contributed by atoms with Crippen LogP contribution in [0.4, 0.5) is 11.4 Å². The number of nitro benzene ring substituents is 1. The Morgan fingerprint density at radius 1 is 1.47 bits per heavy atom. The standard InChI is InChI=1S/C10H11ClN4O4/c11-6-2-1-5(15(18)19)3-8(6)14-10(17)7(12)4-9(13)16/h1-3,7H,4,12H2,(H2,13,16)(H,14,17). The molecular formula is C10H11ClN4O4. The van der Waals surface area contributed by atoms with Crippen molar-refractivity contribution in [2.45, 2.75) is 12.5 Å². The molecule has 8 nitrogen and oxygen atoms in total. The first-order valence-corrected chi connectivity index (χ1v) is 5.47. The number of nitrogens with zero attached hydrogens (tertiary/aromatic N) is 1. The van der Waals surface area contributed by atoms with E-state index in [0.717, 1.165) is 6.07 Å². The lowest BCUT2D eigenvalue weighted by Crippen LogP contribution is -2.39. The summed E-state index contributed by atoms with van der Waals surface area (Å²) in [5.74, 6) is -1.44. The van der Waals surface area contributed by atoms with E-state index in [2.05, 4.69) is 5.32 Å². The normalized spacial score (nSPS) is 11.7. The number of amides is 2. The zero-order valence-corrected chi connectivity index (χ0v) is 10.4. The predicted molar refractivity (Wildman–Crippen MR) is 68.5 cm³/mol. The van der Waals surface area contributed by atoms with Crippen LogP contribution in [0.25, 0.3) is 0 Å². The van der Waals surface area contributed by atoms with Gasteiger partial charge in [0.1, 0.15) is 0 Å². The molecule has 0 aromatic heterocycles. The highest BCUT2D eigenvalue weighted by atomic mass is 35.5. The van der Waals surface area contributed by atoms with Gasteiger partial charge in [-0.15, -0.1) is 0 Å². The van der Waals surface area contributed by atoms with Crippen molar-refractivity contribution < 1.29 is 14.5 Å². The predicted octanol–water partition coefficient (Wildman–Crippen LogP) is 0.389. The summed E-state index contributed by atoms with van der Waals surface area (Å²) in [4.78, 5) is 32.2. The number of benzene rings is 1. The Morgan fingerprint density at radius 3 is 2.63 bits per heavy atom. The second-order valence-electron chi connectivity index (χ2n) is 3.69. The smallest absolute Gasteiger partial charge is 0.271 e. The minimum atomic E-state index is -1.15. The van der Waals surface area contributed by atoms with Gasteiger partial charge in [0.05, 0.1) is 28.1 Å². The van der Waals surface area contributed by atoms with Crippen LogP contribution in [0.15, 0.2) is 18.2 Å². The Morgan fingerprint density at radius 2 is 2.11 bits per heavy atom. The summed E-state index contributed by atoms with van der Waals surface area (Å²) in [7, 11) is 0. The Labute approximate surface area is 112 Å². The third-order valence-corrected chi connectivity index (χ3v) is 2.51. The molecule has 1 aromatic rings. The number of halogens is 1. The summed E-state index contributed by atoms with van der Waals surface area (Å²) in [5.41, 5.74) is 10.1. The van der Waals surface area contributed by atoms with Crippen molar-refractivity contribution >= 4 is 34.8 Å². The maximum Gasteiger partial charge on any atom is 0.271 e. The van der Waals surface area contributed by atoms with Crippen molar-refractivity contribution in [1.82, 2.24) is 0 Å². The summed E-state index contributed by atoms with van der Waals surface area (Å²) in [5, 5.41) is 13.0. The van der Waals surface area contributed by atoms with E-state index < -0.39 is 22.8 Å². The highest BCUT2D eigenvalue weighted by Crippen LogP contribution is 2.26. The third-order valence-electron chi connectivity index (χ3n) is 2.18. The lowest BCUT2D eigenvalue weighted by Gasteiger charge is -2.11. The van der Waals surface area contributed by atoms with Gasteiger partial charge < -0.3 is 16.8 Å². The van der Waals surface area contributed by atoms with Gasteiger partial charge in [-0.1, -0.05) is 11.6 Å². The lowest BCUT2D eigenvalue weighted by atomic mass is 10.2. The van der Waals surface area contributed by atoms with Gasteiger partial charge in [0.25, 0.3) is 5.69 Å². The molecule has 2 amide bonds. The maximum absolute atomic E-state index is 11.6. The van der Waals surface area contributed by atoms with E-state index in [1.165, 1.54) is 12.1 Å². The first-order chi connectivity index (χ1) is 8.81. The zero-order chi connectivity index (χ0) is 14.6. The monoisotopic (exact) mass is 286 g/mol. The molecule has 1 unspecified atom stereocenters. The minimum Gasteiger partial charge on any atom is -0.370 e. The van der Waals surface area contributed by atoms with Gasteiger partial charge >= 0.3 is 0 Å². The molecule has 0 fully saturated rings. The van der Waals surface area contributed by atoms with E-state index in [0.29, 0.717) is 0 Å². The number of rotatable bonds is 5. The van der Waals surface area contributed by atoms with Crippen LogP contribution in [-0.4, -0.2) is 22.8 Å². The van der Waals surface area contributed by atoms with Crippen LogP contribution in [0.1, 0.15) is 6.42 Å². The summed E-state index contributed by atoms with van der Waals surface area (Å²) < 4.78 is 0. The van der Waals surface area contributed by atoms with Gasteiger partial charge in [0, 0.05) is 12.1 Å². The van der Waals surface area contributed by atoms with Gasteiger partial charge in [-0.05, 0) is 6.07 Å². The molecule has 0 bridgehead atoms. The summed E-state index contributed by atoms with van der Waals surface area (Å²) in [6.45, 7) is 0. The average Bonchev–Trinajstić information content (AvgIpc) is 2.30. The minimum absolute atomic E-state index is 0.0424. The van der Waals surface area contributed by atoms with E-state index in [4.69, 9.17) is 23.1 Å². The second-order valence-corrected chi connectivity index (χ2v) is 4.09. The first kappa shape index (κ1) is 14.9. The lowest BCUT2D eigenvalue weighted by molar-refractivity contribution is -0.384. The summed E-state index contributed by atoms with van der Waals surface area (Å²) in [6.07, 6.45) is -0.335. The van der Waals surface area contributed by atoms with Gasteiger partial charge in [-0.25, -0.2) is 0 Å². The molecule has 0 heterocycles. The molecule has 102 valence electrons. The summed E-state index contributed by atoms with van der Waals surface area (Å²) in [6, 6.07) is 2.42. The van der Waals surface area contributed by atoms with Crippen LogP contribution < -0.4 is 16.8 Å². The Hall–Kier alpha value is -2.19. The molecule has 5 N–H and O–H groups in total. The SMILES string of the molecule is NC(=O)CC(N)C(=O)Nc1cc([N+](=O)[O-])ccc1Cl. The molecule has 0 aliphatic carbocycles. The Kier molecular flexibility index (Phi) is 4.79. The van der Waals surface area contributed by atoms with Crippen molar-refractivity contribution in [3.63, 3.8) is 0 Å². The van der Waals surface area contributed by atoms with Crippen molar-refractivity contribution in [1.29, 1.82) is 0 Å². The molecule has 9 heteroatoms. The number of primary amides is 1. The number of nitrogens with one attached hydrogen (secondary N) is 1. The highest BCUT2D eigenvalue weighted by Gasteiger charge is 2.18. The third kappa shape index (κ3) is 4.19. The molecule has 0 saturated carbocycles. The number of nitro groups is 1. The van der Waals surface area contributed by atoms with Gasteiger partial charge in [0.15, 0.2) is 0 Å². The second kappa shape index (κ2) is 6.12. The number of hydrogen-bond donors (Lipinski definition) is 3. The van der Waals surface area contributed by atoms with Crippen molar-refractivity contribution in [2.75, 3.05) is 5.32 Å². The van der Waals surface area contributed by atoms with Crippen LogP contribution in [0.2, 0.25) is 5.02 Å². The molecule has 0 spiro atoms. The van der Waals surface area contributed by atoms with E-state index in [-0.39, 0.29) is 22.8 Å². The molecule has 1 atom stereocenters. The first-order valence-electron chi connectivity index (χ1n) is 5.10. The van der Waals surface area contributed by atoms with Crippen molar-refractivity contribution in [2.24, 2.45) is 11.5 Å². The number of anilines is 1. The maximum atomic E-state index is 11.6. The van der Waals surface area contributed by atoms with Crippen LogP contribution >= 0.6 is 11.6 Å². The number of nitrogens with two attached hydrogens (primary N) is 2.